The number of hydrogen-bond acceptors (Lipinski definition) is 5. The molecule has 3 heterocycles. The number of rotatable bonds is 6. The van der Waals surface area contributed by atoms with Crippen molar-refractivity contribution in [3.05, 3.63) is 52.2 Å². The van der Waals surface area contributed by atoms with E-state index in [1.807, 2.05) is 34.5 Å². The highest BCUT2D eigenvalue weighted by Crippen LogP contribution is 2.22. The molecule has 0 aliphatic carbocycles. The van der Waals surface area contributed by atoms with Gasteiger partial charge in [-0.2, -0.15) is 0 Å². The Morgan fingerprint density at radius 3 is 2.71 bits per heavy atom. The summed E-state index contributed by atoms with van der Waals surface area (Å²) in [5.41, 5.74) is 2.09. The van der Waals surface area contributed by atoms with Gasteiger partial charge >= 0.3 is 0 Å². The van der Waals surface area contributed by atoms with Crippen molar-refractivity contribution in [1.29, 1.82) is 0 Å². The lowest BCUT2D eigenvalue weighted by Gasteiger charge is -2.32. The Bertz CT molecular complexity index is 877. The Balaban J connectivity index is 1.30. The van der Waals surface area contributed by atoms with Gasteiger partial charge < -0.3 is 20.0 Å². The maximum absolute atomic E-state index is 12.9. The first-order valence-electron chi connectivity index (χ1n) is 11.2. The average molecular weight is 441 g/mol. The summed E-state index contributed by atoms with van der Waals surface area (Å²) in [6, 6.07) is 11.9. The van der Waals surface area contributed by atoms with Crippen molar-refractivity contribution in [3.63, 3.8) is 0 Å². The molecular formula is C24H32N4O2S. The number of piperidine rings is 1. The molecule has 0 radical (unpaired) electrons. The van der Waals surface area contributed by atoms with Crippen molar-refractivity contribution < 1.29 is 9.59 Å². The lowest BCUT2D eigenvalue weighted by atomic mass is 9.96. The average Bonchev–Trinajstić information content (AvgIpc) is 3.33. The molecule has 0 unspecified atom stereocenters. The Kier molecular flexibility index (Phi) is 7.37. The van der Waals surface area contributed by atoms with Crippen molar-refractivity contribution in [2.75, 3.05) is 58.2 Å². The third kappa shape index (κ3) is 5.93. The Labute approximate surface area is 188 Å². The second kappa shape index (κ2) is 10.4. The predicted molar refractivity (Wildman–Crippen MR) is 126 cm³/mol. The molecular weight excluding hydrogens is 408 g/mol. The highest BCUT2D eigenvalue weighted by atomic mass is 32.1. The zero-order chi connectivity index (χ0) is 21.6. The summed E-state index contributed by atoms with van der Waals surface area (Å²) >= 11 is 1.46. The number of nitrogens with one attached hydrogen (secondary N) is 1. The summed E-state index contributed by atoms with van der Waals surface area (Å²) in [5.74, 6) is -0.107. The van der Waals surface area contributed by atoms with Crippen LogP contribution in [0.5, 0.6) is 0 Å². The van der Waals surface area contributed by atoms with Crippen LogP contribution in [0.4, 0.5) is 5.69 Å². The number of carbonyl (C=O) groups is 2. The monoisotopic (exact) mass is 440 g/mol. The zero-order valence-corrected chi connectivity index (χ0v) is 19.1. The smallest absolute Gasteiger partial charge is 0.263 e. The molecule has 2 aromatic rings. The van der Waals surface area contributed by atoms with Gasteiger partial charge in [-0.05, 0) is 55.5 Å². The molecule has 0 spiro atoms. The molecule has 2 aliphatic heterocycles. The molecule has 0 saturated carbocycles. The van der Waals surface area contributed by atoms with E-state index in [2.05, 4.69) is 34.3 Å². The van der Waals surface area contributed by atoms with Crippen LogP contribution in [0, 0.1) is 5.92 Å². The molecule has 7 heteroatoms. The third-order valence-corrected chi connectivity index (χ3v) is 7.18. The zero-order valence-electron chi connectivity index (χ0n) is 18.3. The van der Waals surface area contributed by atoms with Gasteiger partial charge in [0.15, 0.2) is 0 Å². The summed E-state index contributed by atoms with van der Waals surface area (Å²) in [5, 5.41) is 5.01. The molecule has 1 aromatic heterocycles. The standard InChI is InChI=1S/C24H32N4O2S/c1-26-12-14-27(15-13-26)11-9-19-5-2-7-21(17-19)25-23(29)20-6-3-10-28(18-20)24(30)22-8-4-16-31-22/h2,4-5,7-8,16-17,20H,3,6,9-15,18H2,1H3,(H,25,29)/t20-/m0/s1. The maximum Gasteiger partial charge on any atom is 0.263 e. The van der Waals surface area contributed by atoms with Crippen LogP contribution in [0.3, 0.4) is 0 Å². The van der Waals surface area contributed by atoms with E-state index in [9.17, 15) is 9.59 Å². The van der Waals surface area contributed by atoms with Crippen LogP contribution < -0.4 is 5.32 Å². The Morgan fingerprint density at radius 2 is 1.94 bits per heavy atom. The number of likely N-dealkylation sites (tertiary alicyclic amines) is 1. The van der Waals surface area contributed by atoms with Crippen LogP contribution >= 0.6 is 11.3 Å². The van der Waals surface area contributed by atoms with Crippen molar-refractivity contribution in [1.82, 2.24) is 14.7 Å². The van der Waals surface area contributed by atoms with Gasteiger partial charge in [-0.25, -0.2) is 0 Å². The quantitative estimate of drug-likeness (QED) is 0.750. The number of carbonyl (C=O) groups excluding carboxylic acids is 2. The van der Waals surface area contributed by atoms with Crippen LogP contribution in [0.25, 0.3) is 0 Å². The number of benzene rings is 1. The van der Waals surface area contributed by atoms with Crippen molar-refractivity contribution >= 4 is 28.8 Å². The fourth-order valence-corrected chi connectivity index (χ4v) is 5.03. The number of hydrogen-bond donors (Lipinski definition) is 1. The molecule has 2 amide bonds. The van der Waals surface area contributed by atoms with Gasteiger partial charge in [0.2, 0.25) is 5.91 Å². The van der Waals surface area contributed by atoms with Gasteiger partial charge in [0.1, 0.15) is 0 Å². The molecule has 2 saturated heterocycles. The number of anilines is 1. The largest absolute Gasteiger partial charge is 0.337 e. The van der Waals surface area contributed by atoms with Crippen molar-refractivity contribution in [3.8, 4) is 0 Å². The summed E-state index contributed by atoms with van der Waals surface area (Å²) in [6.45, 7) is 6.76. The molecule has 166 valence electrons. The third-order valence-electron chi connectivity index (χ3n) is 6.32. The molecule has 2 aliphatic rings. The second-order valence-corrected chi connectivity index (χ2v) is 9.60. The SMILES string of the molecule is CN1CCN(CCc2cccc(NC(=O)[C@H]3CCCN(C(=O)c4cccs4)C3)c2)CC1. The first kappa shape index (κ1) is 22.0. The van der Waals surface area contributed by atoms with E-state index >= 15 is 0 Å². The fourth-order valence-electron chi connectivity index (χ4n) is 4.34. The fraction of sp³-hybridized carbons (Fsp3) is 0.500. The van der Waals surface area contributed by atoms with E-state index in [0.29, 0.717) is 6.54 Å². The molecule has 6 nitrogen and oxygen atoms in total. The summed E-state index contributed by atoms with van der Waals surface area (Å²) in [4.78, 5) is 33.0. The van der Waals surface area contributed by atoms with Crippen LogP contribution in [-0.2, 0) is 11.2 Å². The van der Waals surface area contributed by atoms with Gasteiger partial charge in [0.05, 0.1) is 10.8 Å². The molecule has 1 N–H and O–H groups in total. The minimum atomic E-state index is -0.161. The van der Waals surface area contributed by atoms with E-state index in [1.54, 1.807) is 0 Å². The van der Waals surface area contributed by atoms with E-state index in [4.69, 9.17) is 0 Å². The highest BCUT2D eigenvalue weighted by Gasteiger charge is 2.29. The first-order valence-corrected chi connectivity index (χ1v) is 12.1. The lowest BCUT2D eigenvalue weighted by Crippen LogP contribution is -2.45. The van der Waals surface area contributed by atoms with Gasteiger partial charge in [0.25, 0.3) is 5.91 Å². The van der Waals surface area contributed by atoms with Gasteiger partial charge in [-0.15, -0.1) is 11.3 Å². The molecule has 4 rings (SSSR count). The predicted octanol–water partition coefficient (Wildman–Crippen LogP) is 3.03. The normalized spacial score (nSPS) is 20.5. The molecule has 1 aromatic carbocycles. The van der Waals surface area contributed by atoms with E-state index in [1.165, 1.54) is 16.9 Å². The minimum absolute atomic E-state index is 0.0138. The summed E-state index contributed by atoms with van der Waals surface area (Å²) < 4.78 is 0. The Hall–Kier alpha value is -2.22. The van der Waals surface area contributed by atoms with Crippen molar-refractivity contribution in [2.24, 2.45) is 5.92 Å². The van der Waals surface area contributed by atoms with Gasteiger partial charge in [-0.1, -0.05) is 18.2 Å². The molecule has 0 bridgehead atoms. The maximum atomic E-state index is 12.9. The number of likely N-dealkylation sites (N-methyl/N-ethyl adjacent to an activating group) is 1. The molecule has 1 atom stereocenters. The lowest BCUT2D eigenvalue weighted by molar-refractivity contribution is -0.121. The van der Waals surface area contributed by atoms with Crippen molar-refractivity contribution in [2.45, 2.75) is 19.3 Å². The topological polar surface area (TPSA) is 55.9 Å². The first-order chi connectivity index (χ1) is 15.1. The Morgan fingerprint density at radius 1 is 1.10 bits per heavy atom. The van der Waals surface area contributed by atoms with Gasteiger partial charge in [0, 0.05) is 51.5 Å². The minimum Gasteiger partial charge on any atom is -0.337 e. The number of amides is 2. The number of piperazine rings is 1. The second-order valence-electron chi connectivity index (χ2n) is 8.65. The highest BCUT2D eigenvalue weighted by molar-refractivity contribution is 7.12. The number of thiophene rings is 1. The number of nitrogens with zero attached hydrogens (tertiary/aromatic N) is 3. The summed E-state index contributed by atoms with van der Waals surface area (Å²) in [6.07, 6.45) is 2.67. The van der Waals surface area contributed by atoms with Crippen LogP contribution in [0.2, 0.25) is 0 Å². The molecule has 2 fully saturated rings. The van der Waals surface area contributed by atoms with Crippen LogP contribution in [-0.4, -0.2) is 79.4 Å². The van der Waals surface area contributed by atoms with E-state index < -0.39 is 0 Å². The van der Waals surface area contributed by atoms with E-state index in [-0.39, 0.29) is 17.7 Å². The van der Waals surface area contributed by atoms with Crippen LogP contribution in [0.1, 0.15) is 28.1 Å². The van der Waals surface area contributed by atoms with Crippen LogP contribution in [0.15, 0.2) is 41.8 Å². The van der Waals surface area contributed by atoms with Gasteiger partial charge in [-0.3, -0.25) is 9.59 Å². The van der Waals surface area contributed by atoms with E-state index in [0.717, 1.165) is 69.1 Å². The molecule has 31 heavy (non-hydrogen) atoms. The summed E-state index contributed by atoms with van der Waals surface area (Å²) in [7, 11) is 2.17.